The molecule has 19 heavy (non-hydrogen) atoms. The van der Waals surface area contributed by atoms with Crippen LogP contribution >= 0.6 is 15.9 Å². The molecule has 0 spiro atoms. The molecule has 0 aliphatic heterocycles. The summed E-state index contributed by atoms with van der Waals surface area (Å²) in [5.41, 5.74) is 0.788. The summed E-state index contributed by atoms with van der Waals surface area (Å²) in [5.74, 6) is -3.21. The van der Waals surface area contributed by atoms with Gasteiger partial charge in [-0.25, -0.2) is 17.6 Å². The minimum atomic E-state index is -0.947. The van der Waals surface area contributed by atoms with E-state index in [1.165, 1.54) is 12.1 Å². The van der Waals surface area contributed by atoms with Crippen molar-refractivity contribution in [3.05, 3.63) is 70.8 Å². The molecule has 0 N–H and O–H groups in total. The Morgan fingerprint density at radius 2 is 1.58 bits per heavy atom. The Kier molecular flexibility index (Phi) is 4.24. The van der Waals surface area contributed by atoms with Gasteiger partial charge in [0, 0.05) is 16.5 Å². The van der Waals surface area contributed by atoms with Crippen LogP contribution in [-0.4, -0.2) is 0 Å². The van der Waals surface area contributed by atoms with Gasteiger partial charge in [-0.05, 0) is 30.2 Å². The van der Waals surface area contributed by atoms with Crippen LogP contribution in [0.4, 0.5) is 17.6 Å². The first kappa shape index (κ1) is 14.1. The Morgan fingerprint density at radius 3 is 2.21 bits per heavy atom. The fraction of sp³-hybridized carbons (Fsp3) is 0.143. The second-order valence-electron chi connectivity index (χ2n) is 4.09. The Morgan fingerprint density at radius 1 is 0.842 bits per heavy atom. The predicted molar refractivity (Wildman–Crippen MR) is 68.1 cm³/mol. The van der Waals surface area contributed by atoms with Crippen LogP contribution in [-0.2, 0) is 6.42 Å². The largest absolute Gasteiger partial charge is 0.207 e. The number of benzene rings is 2. The van der Waals surface area contributed by atoms with E-state index in [2.05, 4.69) is 15.9 Å². The number of alkyl halides is 1. The Labute approximate surface area is 116 Å². The highest BCUT2D eigenvalue weighted by Crippen LogP contribution is 2.29. The zero-order valence-corrected chi connectivity index (χ0v) is 11.2. The van der Waals surface area contributed by atoms with Crippen LogP contribution in [0, 0.1) is 23.3 Å². The zero-order valence-electron chi connectivity index (χ0n) is 9.64. The summed E-state index contributed by atoms with van der Waals surface area (Å²) >= 11 is 3.26. The monoisotopic (exact) mass is 332 g/mol. The van der Waals surface area contributed by atoms with Gasteiger partial charge in [-0.15, -0.1) is 0 Å². The van der Waals surface area contributed by atoms with E-state index in [0.717, 1.165) is 24.3 Å². The lowest BCUT2D eigenvalue weighted by molar-refractivity contribution is 0.507. The van der Waals surface area contributed by atoms with Gasteiger partial charge < -0.3 is 0 Å². The lowest BCUT2D eigenvalue weighted by Crippen LogP contribution is -2.00. The van der Waals surface area contributed by atoms with Crippen molar-refractivity contribution in [1.29, 1.82) is 0 Å². The molecule has 0 amide bonds. The molecular formula is C14H9BrF4. The lowest BCUT2D eigenvalue weighted by atomic mass is 10.0. The van der Waals surface area contributed by atoms with E-state index in [-0.39, 0.29) is 12.0 Å². The molecule has 0 fully saturated rings. The third-order valence-corrected chi connectivity index (χ3v) is 3.52. The molecule has 0 radical (unpaired) electrons. The molecular weight excluding hydrogens is 324 g/mol. The van der Waals surface area contributed by atoms with Gasteiger partial charge in [0.25, 0.3) is 0 Å². The summed E-state index contributed by atoms with van der Waals surface area (Å²) in [4.78, 5) is -0.446. The van der Waals surface area contributed by atoms with E-state index in [4.69, 9.17) is 0 Å². The minimum Gasteiger partial charge on any atom is -0.207 e. The number of hydrogen-bond donors (Lipinski definition) is 0. The molecule has 2 rings (SSSR count). The quantitative estimate of drug-likeness (QED) is 0.552. The summed E-state index contributed by atoms with van der Waals surface area (Å²) in [6.45, 7) is 0. The van der Waals surface area contributed by atoms with E-state index in [9.17, 15) is 17.6 Å². The average Bonchev–Trinajstić information content (AvgIpc) is 2.33. The zero-order chi connectivity index (χ0) is 14.0. The molecule has 0 aliphatic rings. The van der Waals surface area contributed by atoms with Crippen LogP contribution in [0.15, 0.2) is 36.4 Å². The van der Waals surface area contributed by atoms with Gasteiger partial charge in [-0.2, -0.15) is 0 Å². The summed E-state index contributed by atoms with van der Waals surface area (Å²) in [5, 5.41) is 0. The number of hydrogen-bond acceptors (Lipinski definition) is 0. The van der Waals surface area contributed by atoms with E-state index >= 15 is 0 Å². The molecule has 0 saturated carbocycles. The van der Waals surface area contributed by atoms with Crippen LogP contribution in [0.5, 0.6) is 0 Å². The van der Waals surface area contributed by atoms with Crippen molar-refractivity contribution in [3.8, 4) is 0 Å². The highest BCUT2D eigenvalue weighted by atomic mass is 79.9. The van der Waals surface area contributed by atoms with E-state index in [1.54, 1.807) is 0 Å². The normalized spacial score (nSPS) is 12.5. The summed E-state index contributed by atoms with van der Waals surface area (Å²) in [6, 6.07) is 6.77. The Bertz CT molecular complexity index is 598. The third kappa shape index (κ3) is 3.35. The fourth-order valence-corrected chi connectivity index (χ4v) is 2.48. The standard InChI is InChI=1S/C14H9BrF4/c15-11(10-3-2-9(16)7-13(10)18)5-8-1-4-12(17)14(19)6-8/h1-4,6-7,11H,5H2. The Hall–Kier alpha value is -1.36. The van der Waals surface area contributed by atoms with Crippen LogP contribution in [0.1, 0.15) is 16.0 Å². The predicted octanol–water partition coefficient (Wildman–Crippen LogP) is 4.92. The van der Waals surface area contributed by atoms with Gasteiger partial charge in [-0.1, -0.05) is 28.1 Å². The molecule has 0 nitrogen and oxygen atoms in total. The minimum absolute atomic E-state index is 0.264. The average molecular weight is 333 g/mol. The van der Waals surface area contributed by atoms with E-state index in [1.807, 2.05) is 0 Å². The SMILES string of the molecule is Fc1ccc(C(Br)Cc2ccc(F)c(F)c2)c(F)c1. The number of rotatable bonds is 3. The summed E-state index contributed by atoms with van der Waals surface area (Å²) in [7, 11) is 0. The number of halogens is 5. The summed E-state index contributed by atoms with van der Waals surface area (Å²) in [6.07, 6.45) is 0.264. The van der Waals surface area contributed by atoms with Crippen LogP contribution in [0.3, 0.4) is 0 Å². The molecule has 2 aromatic rings. The smallest absolute Gasteiger partial charge is 0.159 e. The molecule has 5 heteroatoms. The molecule has 1 unspecified atom stereocenters. The van der Waals surface area contributed by atoms with Crippen molar-refractivity contribution in [1.82, 2.24) is 0 Å². The maximum atomic E-state index is 13.5. The van der Waals surface area contributed by atoms with Gasteiger partial charge in [0.2, 0.25) is 0 Å². The molecule has 100 valence electrons. The molecule has 0 heterocycles. The highest BCUT2D eigenvalue weighted by molar-refractivity contribution is 9.09. The first-order valence-electron chi connectivity index (χ1n) is 5.50. The van der Waals surface area contributed by atoms with Crippen molar-refractivity contribution in [3.63, 3.8) is 0 Å². The topological polar surface area (TPSA) is 0 Å². The van der Waals surface area contributed by atoms with Crippen molar-refractivity contribution in [2.75, 3.05) is 0 Å². The molecule has 0 aromatic heterocycles. The third-order valence-electron chi connectivity index (χ3n) is 2.70. The lowest BCUT2D eigenvalue weighted by Gasteiger charge is -2.11. The highest BCUT2D eigenvalue weighted by Gasteiger charge is 2.15. The van der Waals surface area contributed by atoms with Gasteiger partial charge in [0.1, 0.15) is 11.6 Å². The van der Waals surface area contributed by atoms with Crippen molar-refractivity contribution in [2.45, 2.75) is 11.2 Å². The molecule has 2 aromatic carbocycles. The van der Waals surface area contributed by atoms with Gasteiger partial charge >= 0.3 is 0 Å². The second-order valence-corrected chi connectivity index (χ2v) is 5.19. The first-order valence-corrected chi connectivity index (χ1v) is 6.42. The summed E-state index contributed by atoms with van der Waals surface area (Å²) < 4.78 is 52.2. The first-order chi connectivity index (χ1) is 8.97. The van der Waals surface area contributed by atoms with E-state index in [0.29, 0.717) is 5.56 Å². The van der Waals surface area contributed by atoms with Gasteiger partial charge in [0.15, 0.2) is 11.6 Å². The molecule has 0 saturated heterocycles. The van der Waals surface area contributed by atoms with Crippen LogP contribution < -0.4 is 0 Å². The van der Waals surface area contributed by atoms with Crippen molar-refractivity contribution >= 4 is 15.9 Å². The van der Waals surface area contributed by atoms with Gasteiger partial charge in [0.05, 0.1) is 0 Å². The maximum Gasteiger partial charge on any atom is 0.159 e. The Balaban J connectivity index is 2.20. The van der Waals surface area contributed by atoms with Crippen molar-refractivity contribution < 1.29 is 17.6 Å². The van der Waals surface area contributed by atoms with Gasteiger partial charge in [-0.3, -0.25) is 0 Å². The van der Waals surface area contributed by atoms with Crippen LogP contribution in [0.2, 0.25) is 0 Å². The maximum absolute atomic E-state index is 13.5. The van der Waals surface area contributed by atoms with E-state index < -0.39 is 28.1 Å². The molecule has 0 bridgehead atoms. The van der Waals surface area contributed by atoms with Crippen LogP contribution in [0.25, 0.3) is 0 Å². The fourth-order valence-electron chi connectivity index (χ4n) is 1.74. The molecule has 1 atom stereocenters. The van der Waals surface area contributed by atoms with Crippen molar-refractivity contribution in [2.24, 2.45) is 0 Å². The molecule has 0 aliphatic carbocycles. The second kappa shape index (κ2) is 5.74.